The molecule has 0 aliphatic carbocycles. The summed E-state index contributed by atoms with van der Waals surface area (Å²) in [6.45, 7) is 1.37. The van der Waals surface area contributed by atoms with Crippen molar-refractivity contribution in [3.63, 3.8) is 0 Å². The summed E-state index contributed by atoms with van der Waals surface area (Å²) in [5.41, 5.74) is -0.512. The number of hydrogen-bond donors (Lipinski definition) is 2. The van der Waals surface area contributed by atoms with Crippen LogP contribution >= 0.6 is 11.3 Å². The lowest BCUT2D eigenvalue weighted by Gasteiger charge is -2.30. The molecule has 2 fully saturated rings. The van der Waals surface area contributed by atoms with Gasteiger partial charge in [-0.1, -0.05) is 11.3 Å². The third-order valence-corrected chi connectivity index (χ3v) is 8.71. The number of carboxylic acids is 1. The number of benzene rings is 1. The van der Waals surface area contributed by atoms with Crippen molar-refractivity contribution < 1.29 is 37.0 Å². The highest BCUT2D eigenvalue weighted by molar-refractivity contribution is 7.16. The average molecular weight is 623 g/mol. The molecule has 1 amide bonds. The fourth-order valence-electron chi connectivity index (χ4n) is 5.40. The van der Waals surface area contributed by atoms with Gasteiger partial charge in [-0.2, -0.15) is 13.2 Å². The van der Waals surface area contributed by atoms with E-state index in [2.05, 4.69) is 20.3 Å². The molecule has 15 heteroatoms. The molecule has 1 aromatic carbocycles. The van der Waals surface area contributed by atoms with Crippen LogP contribution in [0.2, 0.25) is 0 Å². The number of thiazole rings is 1. The zero-order chi connectivity index (χ0) is 30.7. The number of halogens is 4. The Bertz CT molecular complexity index is 1460. The van der Waals surface area contributed by atoms with Crippen LogP contribution in [0, 0.1) is 5.92 Å². The minimum atomic E-state index is -4.67. The Morgan fingerprint density at radius 1 is 1.14 bits per heavy atom. The molecule has 4 heterocycles. The van der Waals surface area contributed by atoms with E-state index in [-0.39, 0.29) is 40.4 Å². The number of aliphatic carboxylic acids is 1. The molecule has 2 aliphatic heterocycles. The van der Waals surface area contributed by atoms with Crippen LogP contribution in [-0.4, -0.2) is 76.3 Å². The van der Waals surface area contributed by atoms with Crippen LogP contribution < -0.4 is 15.0 Å². The number of rotatable bonds is 9. The number of aromatic nitrogens is 3. The van der Waals surface area contributed by atoms with E-state index in [9.17, 15) is 32.3 Å². The first-order valence-electron chi connectivity index (χ1n) is 13.7. The Morgan fingerprint density at radius 3 is 2.53 bits per heavy atom. The van der Waals surface area contributed by atoms with Gasteiger partial charge in [0.1, 0.15) is 23.9 Å². The first-order chi connectivity index (χ1) is 20.6. The second-order valence-electron chi connectivity index (χ2n) is 10.4. The van der Waals surface area contributed by atoms with Gasteiger partial charge in [0.05, 0.1) is 36.7 Å². The average Bonchev–Trinajstić information content (AvgIpc) is 3.62. The van der Waals surface area contributed by atoms with Crippen molar-refractivity contribution in [2.45, 2.75) is 44.4 Å². The summed E-state index contributed by atoms with van der Waals surface area (Å²) in [5.74, 6) is -1.63. The smallest absolute Gasteiger partial charge is 0.419 e. The van der Waals surface area contributed by atoms with E-state index in [1.165, 1.54) is 24.5 Å². The summed E-state index contributed by atoms with van der Waals surface area (Å²) in [4.78, 5) is 41.7. The largest absolute Gasteiger partial charge is 0.496 e. The molecular formula is C28H30F4N6O4S. The SMILES string of the molecule is COc1ccc(-c2nc(NC(=O)c3cnc(N4CCC(C(=O)O)CC4)cn3)sc2CN2CCC[C@H]2CF)cc1C(F)(F)F. The Morgan fingerprint density at radius 2 is 1.91 bits per heavy atom. The number of hydrogen-bond acceptors (Lipinski definition) is 9. The molecule has 2 saturated heterocycles. The second-order valence-corrected chi connectivity index (χ2v) is 11.5. The number of piperidine rings is 1. The van der Waals surface area contributed by atoms with Gasteiger partial charge in [-0.15, -0.1) is 0 Å². The molecule has 230 valence electrons. The van der Waals surface area contributed by atoms with Crippen molar-refractivity contribution in [1.82, 2.24) is 19.9 Å². The summed E-state index contributed by atoms with van der Waals surface area (Å²) in [6, 6.07) is 3.36. The van der Waals surface area contributed by atoms with Gasteiger partial charge in [0, 0.05) is 36.1 Å². The van der Waals surface area contributed by atoms with Crippen LogP contribution in [-0.2, 0) is 17.5 Å². The quantitative estimate of drug-likeness (QED) is 0.314. The minimum Gasteiger partial charge on any atom is -0.496 e. The third-order valence-electron chi connectivity index (χ3n) is 7.76. The zero-order valence-corrected chi connectivity index (χ0v) is 24.1. The number of nitrogens with zero attached hydrogens (tertiary/aromatic N) is 5. The highest BCUT2D eigenvalue weighted by atomic mass is 32.1. The van der Waals surface area contributed by atoms with Crippen molar-refractivity contribution in [3.05, 3.63) is 46.7 Å². The maximum absolute atomic E-state index is 13.8. The lowest BCUT2D eigenvalue weighted by atomic mass is 9.97. The summed E-state index contributed by atoms with van der Waals surface area (Å²) in [7, 11) is 1.16. The fraction of sp³-hybridized carbons (Fsp3) is 0.464. The van der Waals surface area contributed by atoms with Crippen molar-refractivity contribution in [2.75, 3.05) is 43.6 Å². The number of likely N-dealkylation sites (tertiary alicyclic amines) is 1. The molecule has 2 aromatic heterocycles. The first kappa shape index (κ1) is 30.6. The van der Waals surface area contributed by atoms with Gasteiger partial charge < -0.3 is 14.7 Å². The predicted octanol–water partition coefficient (Wildman–Crippen LogP) is 5.11. The fourth-order valence-corrected chi connectivity index (χ4v) is 6.40. The number of anilines is 2. The molecule has 3 aromatic rings. The molecule has 43 heavy (non-hydrogen) atoms. The van der Waals surface area contributed by atoms with Crippen LogP contribution in [0.1, 0.15) is 46.6 Å². The maximum Gasteiger partial charge on any atom is 0.419 e. The molecule has 0 spiro atoms. The van der Waals surface area contributed by atoms with Gasteiger partial charge in [0.25, 0.3) is 5.91 Å². The second kappa shape index (κ2) is 12.8. The van der Waals surface area contributed by atoms with Gasteiger partial charge in [0.15, 0.2) is 5.13 Å². The molecule has 0 radical (unpaired) electrons. The number of methoxy groups -OCH3 is 1. The van der Waals surface area contributed by atoms with Gasteiger partial charge in [0.2, 0.25) is 0 Å². The van der Waals surface area contributed by atoms with E-state index >= 15 is 0 Å². The third kappa shape index (κ3) is 6.88. The van der Waals surface area contributed by atoms with Crippen molar-refractivity contribution in [3.8, 4) is 17.0 Å². The first-order valence-corrected chi connectivity index (χ1v) is 14.6. The summed E-state index contributed by atoms with van der Waals surface area (Å²) in [6.07, 6.45) is 0.528. The van der Waals surface area contributed by atoms with E-state index in [1.807, 2.05) is 9.80 Å². The predicted molar refractivity (Wildman–Crippen MR) is 151 cm³/mol. The summed E-state index contributed by atoms with van der Waals surface area (Å²) < 4.78 is 59.8. The van der Waals surface area contributed by atoms with E-state index in [1.54, 1.807) is 0 Å². The normalized spacial score (nSPS) is 18.2. The highest BCUT2D eigenvalue weighted by Crippen LogP contribution is 2.41. The van der Waals surface area contributed by atoms with Crippen LogP contribution in [0.4, 0.5) is 28.5 Å². The van der Waals surface area contributed by atoms with Gasteiger partial charge in [-0.05, 0) is 50.4 Å². The maximum atomic E-state index is 13.8. The topological polar surface area (TPSA) is 121 Å². The van der Waals surface area contributed by atoms with Crippen molar-refractivity contribution in [2.24, 2.45) is 5.92 Å². The number of carbonyl (C=O) groups is 2. The molecule has 1 atom stereocenters. The summed E-state index contributed by atoms with van der Waals surface area (Å²) >= 11 is 1.10. The number of alkyl halides is 4. The number of carbonyl (C=O) groups excluding carboxylic acids is 1. The number of ether oxygens (including phenoxy) is 1. The minimum absolute atomic E-state index is 0.00307. The number of carboxylic acid groups (broad SMARTS) is 1. The van der Waals surface area contributed by atoms with Crippen molar-refractivity contribution >= 4 is 34.2 Å². The Balaban J connectivity index is 1.38. The number of amides is 1. The molecule has 0 saturated carbocycles. The van der Waals surface area contributed by atoms with Gasteiger partial charge >= 0.3 is 12.1 Å². The molecular weight excluding hydrogens is 592 g/mol. The molecule has 10 nitrogen and oxygen atoms in total. The molecule has 5 rings (SSSR count). The number of nitrogens with one attached hydrogen (secondary N) is 1. The van der Waals surface area contributed by atoms with E-state index in [0.717, 1.165) is 30.9 Å². The highest BCUT2D eigenvalue weighted by Gasteiger charge is 2.35. The van der Waals surface area contributed by atoms with Crippen LogP contribution in [0.25, 0.3) is 11.3 Å². The van der Waals surface area contributed by atoms with Crippen LogP contribution in [0.3, 0.4) is 0 Å². The zero-order valence-electron chi connectivity index (χ0n) is 23.2. The van der Waals surface area contributed by atoms with Crippen LogP contribution in [0.5, 0.6) is 5.75 Å². The molecule has 0 unspecified atom stereocenters. The van der Waals surface area contributed by atoms with Crippen molar-refractivity contribution in [1.29, 1.82) is 0 Å². The van der Waals surface area contributed by atoms with Crippen LogP contribution in [0.15, 0.2) is 30.6 Å². The van der Waals surface area contributed by atoms with Gasteiger partial charge in [-0.25, -0.2) is 19.3 Å². The Hall–Kier alpha value is -3.85. The monoisotopic (exact) mass is 622 g/mol. The lowest BCUT2D eigenvalue weighted by Crippen LogP contribution is -2.36. The Labute approximate surface area is 248 Å². The Kier molecular flexibility index (Phi) is 9.11. The summed E-state index contributed by atoms with van der Waals surface area (Å²) in [5, 5.41) is 12.0. The van der Waals surface area contributed by atoms with Gasteiger partial charge in [-0.3, -0.25) is 19.8 Å². The van der Waals surface area contributed by atoms with E-state index in [4.69, 9.17) is 4.74 Å². The molecule has 2 N–H and O–H groups in total. The standard InChI is InChI=1S/C28H30F4N6O4S/c1-42-21-5-4-17(11-19(21)28(30,31)32)24-22(15-38-8-2-3-18(38)12-29)43-27(35-24)36-25(39)20-13-34-23(14-33-20)37-9-6-16(7-10-37)26(40)41/h4-5,11,13-14,16,18H,2-3,6-10,12,15H2,1H3,(H,40,41)(H,35,36,39)/t18-/m0/s1. The lowest BCUT2D eigenvalue weighted by molar-refractivity contribution is -0.142. The molecule has 0 bridgehead atoms. The van der Waals surface area contributed by atoms with E-state index < -0.39 is 36.2 Å². The molecule has 2 aliphatic rings. The van der Waals surface area contributed by atoms with E-state index in [0.29, 0.717) is 49.6 Å².